The molecule has 0 spiro atoms. The highest BCUT2D eigenvalue weighted by Gasteiger charge is 2.10. The van der Waals surface area contributed by atoms with Gasteiger partial charge >= 0.3 is 0 Å². The van der Waals surface area contributed by atoms with Crippen molar-refractivity contribution in [2.45, 2.75) is 19.4 Å². The summed E-state index contributed by atoms with van der Waals surface area (Å²) in [4.78, 5) is 0. The van der Waals surface area contributed by atoms with Crippen molar-refractivity contribution < 1.29 is 4.74 Å². The Kier molecular flexibility index (Phi) is 4.70. The molecule has 0 aliphatic heterocycles. The molecule has 2 aromatic rings. The lowest BCUT2D eigenvalue weighted by Gasteiger charge is -2.06. The highest BCUT2D eigenvalue weighted by atomic mass is 35.5. The van der Waals surface area contributed by atoms with Gasteiger partial charge in [0.05, 0.1) is 0 Å². The van der Waals surface area contributed by atoms with Gasteiger partial charge in [-0.3, -0.25) is 0 Å². The first-order chi connectivity index (χ1) is 9.20. The standard InChI is InChI=1S/C12H16ClN5O/c1-19-5-3-2-4-18-12(15-16-17-18)9-6-10(13)8-11(14)7-9/h6-8H,2-5,14H2,1H3. The van der Waals surface area contributed by atoms with E-state index in [1.807, 2.05) is 6.07 Å². The lowest BCUT2D eigenvalue weighted by Crippen LogP contribution is -2.04. The van der Waals surface area contributed by atoms with Crippen LogP contribution in [-0.4, -0.2) is 33.9 Å². The van der Waals surface area contributed by atoms with Gasteiger partial charge in [-0.1, -0.05) is 11.6 Å². The van der Waals surface area contributed by atoms with Crippen LogP contribution in [0.15, 0.2) is 18.2 Å². The fourth-order valence-corrected chi connectivity index (χ4v) is 2.05. The number of nitrogens with zero attached hydrogens (tertiary/aromatic N) is 4. The van der Waals surface area contributed by atoms with E-state index in [9.17, 15) is 0 Å². The number of nitrogens with two attached hydrogens (primary N) is 1. The molecule has 102 valence electrons. The van der Waals surface area contributed by atoms with Gasteiger partial charge in [-0.25, -0.2) is 4.68 Å². The second-order valence-electron chi connectivity index (χ2n) is 4.20. The Bertz CT molecular complexity index is 522. The van der Waals surface area contributed by atoms with Crippen LogP contribution in [-0.2, 0) is 11.3 Å². The average Bonchev–Trinajstić information content (AvgIpc) is 2.82. The Labute approximate surface area is 116 Å². The van der Waals surface area contributed by atoms with Crippen molar-refractivity contribution in [1.29, 1.82) is 0 Å². The van der Waals surface area contributed by atoms with Crippen molar-refractivity contribution in [3.63, 3.8) is 0 Å². The number of rotatable bonds is 6. The lowest BCUT2D eigenvalue weighted by atomic mass is 10.2. The third kappa shape index (κ3) is 3.65. The Hall–Kier alpha value is -1.66. The van der Waals surface area contributed by atoms with E-state index in [1.54, 1.807) is 23.9 Å². The molecule has 1 aromatic heterocycles. The topological polar surface area (TPSA) is 78.8 Å². The van der Waals surface area contributed by atoms with E-state index >= 15 is 0 Å². The van der Waals surface area contributed by atoms with Crippen molar-refractivity contribution in [3.8, 4) is 11.4 Å². The summed E-state index contributed by atoms with van der Waals surface area (Å²) < 4.78 is 6.76. The van der Waals surface area contributed by atoms with Crippen LogP contribution in [0.25, 0.3) is 11.4 Å². The van der Waals surface area contributed by atoms with E-state index in [4.69, 9.17) is 22.1 Å². The van der Waals surface area contributed by atoms with Gasteiger partial charge in [-0.2, -0.15) is 0 Å². The molecule has 19 heavy (non-hydrogen) atoms. The molecule has 0 atom stereocenters. The lowest BCUT2D eigenvalue weighted by molar-refractivity contribution is 0.191. The Morgan fingerprint density at radius 1 is 1.32 bits per heavy atom. The largest absolute Gasteiger partial charge is 0.399 e. The maximum Gasteiger partial charge on any atom is 0.182 e. The molecule has 0 aliphatic carbocycles. The fraction of sp³-hybridized carbons (Fsp3) is 0.417. The van der Waals surface area contributed by atoms with E-state index in [-0.39, 0.29) is 0 Å². The van der Waals surface area contributed by atoms with Crippen molar-refractivity contribution >= 4 is 17.3 Å². The summed E-state index contributed by atoms with van der Waals surface area (Å²) in [5.74, 6) is 0.673. The molecule has 0 bridgehead atoms. The van der Waals surface area contributed by atoms with Crippen LogP contribution < -0.4 is 5.73 Å². The first-order valence-corrected chi connectivity index (χ1v) is 6.40. The predicted octanol–water partition coefficient (Wildman–Crippen LogP) is 2.00. The molecular weight excluding hydrogens is 266 g/mol. The second kappa shape index (κ2) is 6.49. The molecule has 2 rings (SSSR count). The smallest absolute Gasteiger partial charge is 0.182 e. The van der Waals surface area contributed by atoms with Crippen LogP contribution in [0.5, 0.6) is 0 Å². The van der Waals surface area contributed by atoms with Gasteiger partial charge in [0, 0.05) is 36.5 Å². The molecule has 0 radical (unpaired) electrons. The number of methoxy groups -OCH3 is 1. The number of hydrogen-bond acceptors (Lipinski definition) is 5. The van der Waals surface area contributed by atoms with Gasteiger partial charge in [-0.05, 0) is 41.5 Å². The van der Waals surface area contributed by atoms with Gasteiger partial charge in [0.25, 0.3) is 0 Å². The molecule has 0 amide bonds. The average molecular weight is 282 g/mol. The summed E-state index contributed by atoms with van der Waals surface area (Å²) in [5, 5.41) is 12.3. The highest BCUT2D eigenvalue weighted by molar-refractivity contribution is 6.31. The zero-order valence-electron chi connectivity index (χ0n) is 10.7. The summed E-state index contributed by atoms with van der Waals surface area (Å²) in [5.41, 5.74) is 7.19. The number of benzene rings is 1. The summed E-state index contributed by atoms with van der Waals surface area (Å²) in [6, 6.07) is 5.30. The maximum absolute atomic E-state index is 5.99. The zero-order chi connectivity index (χ0) is 13.7. The number of anilines is 1. The monoisotopic (exact) mass is 281 g/mol. The van der Waals surface area contributed by atoms with E-state index in [2.05, 4.69) is 15.5 Å². The molecule has 1 aromatic carbocycles. The second-order valence-corrected chi connectivity index (χ2v) is 4.64. The van der Waals surface area contributed by atoms with E-state index in [0.717, 1.165) is 31.6 Å². The molecule has 6 nitrogen and oxygen atoms in total. The molecule has 0 saturated heterocycles. The van der Waals surface area contributed by atoms with Crippen LogP contribution >= 0.6 is 11.6 Å². The number of halogens is 1. The van der Waals surface area contributed by atoms with Gasteiger partial charge in [-0.15, -0.1) is 5.10 Å². The van der Waals surface area contributed by atoms with Crippen LogP contribution in [0.4, 0.5) is 5.69 Å². The van der Waals surface area contributed by atoms with E-state index in [0.29, 0.717) is 16.5 Å². The van der Waals surface area contributed by atoms with Gasteiger partial charge in [0.2, 0.25) is 0 Å². The van der Waals surface area contributed by atoms with E-state index < -0.39 is 0 Å². The Morgan fingerprint density at radius 3 is 2.89 bits per heavy atom. The summed E-state index contributed by atoms with van der Waals surface area (Å²) in [6.07, 6.45) is 1.91. The number of aromatic nitrogens is 4. The summed E-state index contributed by atoms with van der Waals surface area (Å²) in [7, 11) is 1.69. The molecular formula is C12H16ClN5O. The van der Waals surface area contributed by atoms with Crippen LogP contribution in [0.2, 0.25) is 5.02 Å². The van der Waals surface area contributed by atoms with Crippen molar-refractivity contribution in [2.24, 2.45) is 0 Å². The minimum atomic E-state index is 0.573. The minimum absolute atomic E-state index is 0.573. The third-order valence-corrected chi connectivity index (χ3v) is 2.90. The van der Waals surface area contributed by atoms with Crippen LogP contribution in [0.1, 0.15) is 12.8 Å². The van der Waals surface area contributed by atoms with E-state index in [1.165, 1.54) is 0 Å². The number of unbranched alkanes of at least 4 members (excludes halogenated alkanes) is 1. The fourth-order valence-electron chi connectivity index (χ4n) is 1.81. The first-order valence-electron chi connectivity index (χ1n) is 6.02. The Morgan fingerprint density at radius 2 is 2.16 bits per heavy atom. The third-order valence-electron chi connectivity index (χ3n) is 2.68. The number of aryl methyl sites for hydroxylation is 1. The number of tetrazole rings is 1. The number of hydrogen-bond donors (Lipinski definition) is 1. The molecule has 1 heterocycles. The summed E-state index contributed by atoms with van der Waals surface area (Å²) >= 11 is 5.99. The molecule has 7 heteroatoms. The first kappa shape index (κ1) is 13.8. The van der Waals surface area contributed by atoms with Crippen LogP contribution in [0, 0.1) is 0 Å². The zero-order valence-corrected chi connectivity index (χ0v) is 11.5. The quantitative estimate of drug-likeness (QED) is 0.647. The molecule has 0 unspecified atom stereocenters. The minimum Gasteiger partial charge on any atom is -0.399 e. The van der Waals surface area contributed by atoms with Gasteiger partial charge < -0.3 is 10.5 Å². The van der Waals surface area contributed by atoms with Crippen LogP contribution in [0.3, 0.4) is 0 Å². The van der Waals surface area contributed by atoms with Crippen molar-refractivity contribution in [1.82, 2.24) is 20.2 Å². The molecule has 0 aliphatic rings. The highest BCUT2D eigenvalue weighted by Crippen LogP contribution is 2.24. The summed E-state index contributed by atoms with van der Waals surface area (Å²) in [6.45, 7) is 1.47. The van der Waals surface area contributed by atoms with Crippen molar-refractivity contribution in [3.05, 3.63) is 23.2 Å². The normalized spacial score (nSPS) is 10.8. The SMILES string of the molecule is COCCCCn1nnnc1-c1cc(N)cc(Cl)c1. The number of nitrogen functional groups attached to an aromatic ring is 1. The van der Waals surface area contributed by atoms with Gasteiger partial charge in [0.1, 0.15) is 0 Å². The molecule has 0 saturated carbocycles. The molecule has 2 N–H and O–H groups in total. The molecule has 0 fully saturated rings. The Balaban J connectivity index is 2.14. The van der Waals surface area contributed by atoms with Gasteiger partial charge in [0.15, 0.2) is 5.82 Å². The van der Waals surface area contributed by atoms with Crippen molar-refractivity contribution in [2.75, 3.05) is 19.5 Å². The number of ether oxygens (including phenoxy) is 1. The predicted molar refractivity (Wildman–Crippen MR) is 73.8 cm³/mol. The maximum atomic E-state index is 5.99.